The number of rotatable bonds is 2. The van der Waals surface area contributed by atoms with Crippen molar-refractivity contribution >= 4 is 17.0 Å². The van der Waals surface area contributed by atoms with E-state index in [4.69, 9.17) is 5.11 Å². The first kappa shape index (κ1) is 9.95. The molecule has 0 spiro atoms. The van der Waals surface area contributed by atoms with Gasteiger partial charge in [0.2, 0.25) is 0 Å². The molecule has 0 aromatic carbocycles. The average Bonchev–Trinajstić information content (AvgIpc) is 3.08. The normalized spacial score (nSPS) is 16.7. The number of amides is 1. The van der Waals surface area contributed by atoms with Crippen LogP contribution in [0.4, 0.5) is 4.79 Å². The number of nitrogens with zero attached hydrogens (tertiary/aromatic N) is 3. The molecule has 1 saturated carbocycles. The van der Waals surface area contributed by atoms with E-state index in [0.717, 1.165) is 23.7 Å². The van der Waals surface area contributed by atoms with Crippen molar-refractivity contribution in [2.24, 2.45) is 0 Å². The number of pyridine rings is 1. The third kappa shape index (κ3) is 1.67. The summed E-state index contributed by atoms with van der Waals surface area (Å²) in [6, 6.07) is 1.82. The molecule has 1 amide bonds. The van der Waals surface area contributed by atoms with Gasteiger partial charge in [0.15, 0.2) is 5.82 Å². The van der Waals surface area contributed by atoms with Crippen molar-refractivity contribution in [1.82, 2.24) is 20.3 Å². The second kappa shape index (κ2) is 3.38. The molecule has 1 fully saturated rings. The first-order chi connectivity index (χ1) is 8.20. The molecule has 3 rings (SSSR count). The fourth-order valence-electron chi connectivity index (χ4n) is 1.84. The highest BCUT2D eigenvalue weighted by Crippen LogP contribution is 2.43. The molecule has 6 heteroatoms. The summed E-state index contributed by atoms with van der Waals surface area (Å²) in [5.41, 5.74) is 0.145. The van der Waals surface area contributed by atoms with Gasteiger partial charge in [-0.05, 0) is 18.9 Å². The number of hydrogen-bond donors (Lipinski definition) is 2. The minimum Gasteiger partial charge on any atom is -0.465 e. The monoisotopic (exact) mass is 230 g/mol. The molecular weight excluding hydrogens is 220 g/mol. The highest BCUT2D eigenvalue weighted by atomic mass is 16.4. The summed E-state index contributed by atoms with van der Waals surface area (Å²) in [7, 11) is 0. The zero-order valence-corrected chi connectivity index (χ0v) is 8.92. The molecule has 2 aromatic heterocycles. The Balaban J connectivity index is 2.03. The van der Waals surface area contributed by atoms with Crippen LogP contribution in [0.1, 0.15) is 18.7 Å². The number of carboxylic acid groups (broad SMARTS) is 1. The molecule has 2 N–H and O–H groups in total. The number of nitrogens with one attached hydrogen (secondary N) is 1. The van der Waals surface area contributed by atoms with E-state index in [1.807, 2.05) is 6.07 Å². The maximum Gasteiger partial charge on any atom is 0.405 e. The average molecular weight is 230 g/mol. The Hall–Kier alpha value is -2.24. The van der Waals surface area contributed by atoms with Crippen molar-refractivity contribution in [3.63, 3.8) is 0 Å². The lowest BCUT2D eigenvalue weighted by Crippen LogP contribution is -2.35. The molecule has 2 aromatic rings. The Morgan fingerprint density at radius 2 is 2.24 bits per heavy atom. The summed E-state index contributed by atoms with van der Waals surface area (Å²) >= 11 is 0. The summed E-state index contributed by atoms with van der Waals surface area (Å²) < 4.78 is 0. The van der Waals surface area contributed by atoms with E-state index in [2.05, 4.69) is 20.3 Å². The molecule has 86 valence electrons. The predicted molar refractivity (Wildman–Crippen MR) is 59.4 cm³/mol. The van der Waals surface area contributed by atoms with Crippen LogP contribution in [0.3, 0.4) is 0 Å². The fourth-order valence-corrected chi connectivity index (χ4v) is 1.84. The van der Waals surface area contributed by atoms with E-state index in [1.165, 1.54) is 0 Å². The number of carbonyl (C=O) groups is 1. The standard InChI is InChI=1S/C11H10N4O2/c16-10(17)15-11(2-3-11)9-13-5-7-1-4-12-6-8(7)14-9/h1,4-6,15H,2-3H2,(H,16,17). The van der Waals surface area contributed by atoms with Crippen molar-refractivity contribution < 1.29 is 9.90 Å². The summed E-state index contributed by atoms with van der Waals surface area (Å²) in [5.74, 6) is 0.528. The van der Waals surface area contributed by atoms with Crippen LogP contribution in [0, 0.1) is 0 Å². The molecule has 1 aliphatic rings. The highest BCUT2D eigenvalue weighted by molar-refractivity contribution is 5.76. The Morgan fingerprint density at radius 3 is 2.94 bits per heavy atom. The van der Waals surface area contributed by atoms with E-state index in [-0.39, 0.29) is 0 Å². The van der Waals surface area contributed by atoms with Crippen LogP contribution in [-0.2, 0) is 5.54 Å². The Kier molecular flexibility index (Phi) is 1.98. The summed E-state index contributed by atoms with van der Waals surface area (Å²) in [6.45, 7) is 0. The lowest BCUT2D eigenvalue weighted by molar-refractivity contribution is 0.187. The van der Waals surface area contributed by atoms with Crippen molar-refractivity contribution in [2.75, 3.05) is 0 Å². The van der Waals surface area contributed by atoms with Crippen LogP contribution in [0.15, 0.2) is 24.7 Å². The van der Waals surface area contributed by atoms with Gasteiger partial charge in [-0.1, -0.05) is 0 Å². The van der Waals surface area contributed by atoms with Crippen LogP contribution < -0.4 is 5.32 Å². The molecule has 0 atom stereocenters. The van der Waals surface area contributed by atoms with Gasteiger partial charge in [0.1, 0.15) is 5.54 Å². The van der Waals surface area contributed by atoms with E-state index in [0.29, 0.717) is 5.82 Å². The van der Waals surface area contributed by atoms with Crippen molar-refractivity contribution in [2.45, 2.75) is 18.4 Å². The van der Waals surface area contributed by atoms with E-state index >= 15 is 0 Å². The van der Waals surface area contributed by atoms with Crippen LogP contribution in [0.5, 0.6) is 0 Å². The van der Waals surface area contributed by atoms with Gasteiger partial charge in [0, 0.05) is 17.8 Å². The maximum absolute atomic E-state index is 10.7. The lowest BCUT2D eigenvalue weighted by atomic mass is 10.2. The molecule has 0 aliphatic heterocycles. The second-order valence-electron chi connectivity index (χ2n) is 4.14. The van der Waals surface area contributed by atoms with Crippen LogP contribution >= 0.6 is 0 Å². The van der Waals surface area contributed by atoms with Gasteiger partial charge in [0.05, 0.1) is 11.7 Å². The van der Waals surface area contributed by atoms with Gasteiger partial charge in [-0.15, -0.1) is 0 Å². The fraction of sp³-hybridized carbons (Fsp3) is 0.273. The summed E-state index contributed by atoms with van der Waals surface area (Å²) in [6.07, 6.45) is 5.46. The van der Waals surface area contributed by atoms with E-state index in [9.17, 15) is 4.79 Å². The van der Waals surface area contributed by atoms with E-state index < -0.39 is 11.6 Å². The van der Waals surface area contributed by atoms with Gasteiger partial charge in [0.25, 0.3) is 0 Å². The van der Waals surface area contributed by atoms with Gasteiger partial charge in [-0.3, -0.25) is 4.98 Å². The van der Waals surface area contributed by atoms with Crippen LogP contribution in [0.25, 0.3) is 10.9 Å². The largest absolute Gasteiger partial charge is 0.465 e. The Labute approximate surface area is 96.7 Å². The molecule has 17 heavy (non-hydrogen) atoms. The van der Waals surface area contributed by atoms with Gasteiger partial charge >= 0.3 is 6.09 Å². The molecule has 0 unspecified atom stereocenters. The molecule has 0 bridgehead atoms. The van der Waals surface area contributed by atoms with Gasteiger partial charge in [-0.2, -0.15) is 0 Å². The van der Waals surface area contributed by atoms with Crippen molar-refractivity contribution in [3.8, 4) is 0 Å². The first-order valence-electron chi connectivity index (χ1n) is 5.28. The lowest BCUT2D eigenvalue weighted by Gasteiger charge is -2.13. The Morgan fingerprint density at radius 1 is 1.41 bits per heavy atom. The van der Waals surface area contributed by atoms with Crippen molar-refractivity contribution in [1.29, 1.82) is 0 Å². The third-order valence-electron chi connectivity index (χ3n) is 2.91. The van der Waals surface area contributed by atoms with Crippen molar-refractivity contribution in [3.05, 3.63) is 30.5 Å². The minimum absolute atomic E-state index is 0.528. The predicted octanol–water partition coefficient (Wildman–Crippen LogP) is 1.28. The minimum atomic E-state index is -1.04. The molecule has 6 nitrogen and oxygen atoms in total. The maximum atomic E-state index is 10.7. The SMILES string of the molecule is O=C(O)NC1(c2ncc3ccncc3n2)CC1. The summed E-state index contributed by atoms with van der Waals surface area (Å²) in [5, 5.41) is 12.2. The Bertz CT molecular complexity index is 595. The molecule has 1 aliphatic carbocycles. The van der Waals surface area contributed by atoms with Crippen LogP contribution in [0.2, 0.25) is 0 Å². The zero-order valence-electron chi connectivity index (χ0n) is 8.92. The van der Waals surface area contributed by atoms with Gasteiger partial charge in [-0.25, -0.2) is 14.8 Å². The van der Waals surface area contributed by atoms with Gasteiger partial charge < -0.3 is 10.4 Å². The second-order valence-corrected chi connectivity index (χ2v) is 4.14. The number of aromatic nitrogens is 3. The summed E-state index contributed by atoms with van der Waals surface area (Å²) in [4.78, 5) is 23.3. The zero-order chi connectivity index (χ0) is 11.9. The quantitative estimate of drug-likeness (QED) is 0.811. The number of fused-ring (bicyclic) bond motifs is 1. The number of hydrogen-bond acceptors (Lipinski definition) is 4. The molecule has 0 saturated heterocycles. The highest BCUT2D eigenvalue weighted by Gasteiger charge is 2.48. The molecule has 0 radical (unpaired) electrons. The molecule has 2 heterocycles. The van der Waals surface area contributed by atoms with Crippen LogP contribution in [-0.4, -0.2) is 26.2 Å². The molecular formula is C11H10N4O2. The smallest absolute Gasteiger partial charge is 0.405 e. The van der Waals surface area contributed by atoms with E-state index in [1.54, 1.807) is 18.6 Å². The first-order valence-corrected chi connectivity index (χ1v) is 5.28. The topological polar surface area (TPSA) is 88.0 Å². The third-order valence-corrected chi connectivity index (χ3v) is 2.91.